The number of sulfonamides is 1. The number of aryl methyl sites for hydroxylation is 2. The Morgan fingerprint density at radius 3 is 1.76 bits per heavy atom. The second-order valence-electron chi connectivity index (χ2n) is 20.1. The highest BCUT2D eigenvalue weighted by molar-refractivity contribution is 7.89. The quantitative estimate of drug-likeness (QED) is 0.0628. The van der Waals surface area contributed by atoms with Crippen LogP contribution in [0.5, 0.6) is 5.75 Å². The number of ether oxygens (including phenoxy) is 4. The van der Waals surface area contributed by atoms with Crippen molar-refractivity contribution in [1.82, 2.24) is 9.62 Å². The summed E-state index contributed by atoms with van der Waals surface area (Å²) in [5, 5.41) is 14.4. The highest BCUT2D eigenvalue weighted by atomic mass is 32.2. The van der Waals surface area contributed by atoms with Crippen LogP contribution in [-0.2, 0) is 68.6 Å². The van der Waals surface area contributed by atoms with Gasteiger partial charge in [0.2, 0.25) is 24.8 Å². The number of benzene rings is 5. The molecule has 0 bridgehead atoms. The number of hydrogen-bond acceptors (Lipinski definition) is 12. The van der Waals surface area contributed by atoms with Crippen LogP contribution in [0.3, 0.4) is 0 Å². The third kappa shape index (κ3) is 20.1. The molecule has 2 fully saturated rings. The molecular weight excluding hydrogens is 999 g/mol. The highest BCUT2D eigenvalue weighted by Crippen LogP contribution is 2.46. The molecule has 2 heterocycles. The van der Waals surface area contributed by atoms with Gasteiger partial charge in [0.05, 0.1) is 56.5 Å². The van der Waals surface area contributed by atoms with Gasteiger partial charge in [-0.2, -0.15) is 4.31 Å². The Labute approximate surface area is 440 Å². The minimum atomic E-state index is -4.06. The highest BCUT2D eigenvalue weighted by Gasteiger charge is 2.44. The van der Waals surface area contributed by atoms with E-state index in [0.717, 1.165) is 39.8 Å². The van der Waals surface area contributed by atoms with Gasteiger partial charge in [-0.3, -0.25) is 9.13 Å². The molecule has 0 saturated carbocycles. The Hall–Kier alpha value is -4.66. The van der Waals surface area contributed by atoms with Crippen molar-refractivity contribution in [3.05, 3.63) is 167 Å². The van der Waals surface area contributed by atoms with E-state index in [2.05, 4.69) is 33.0 Å². The van der Waals surface area contributed by atoms with Crippen LogP contribution in [0.4, 0.5) is 4.79 Å². The molecule has 7 unspecified atom stereocenters. The molecule has 74 heavy (non-hydrogen) atoms. The van der Waals surface area contributed by atoms with Crippen molar-refractivity contribution in [1.29, 1.82) is 0 Å². The van der Waals surface area contributed by atoms with E-state index < -0.39 is 49.1 Å². The van der Waals surface area contributed by atoms with Gasteiger partial charge in [-0.25, -0.2) is 13.2 Å². The van der Waals surface area contributed by atoms with Crippen molar-refractivity contribution >= 4 is 30.9 Å². The lowest BCUT2D eigenvalue weighted by Gasteiger charge is -2.30. The second kappa shape index (κ2) is 29.0. The molecule has 17 heteroatoms. The molecular formula is C57H78N2O12P2S. The fraction of sp³-hybridized carbons (Fsp3) is 0.456. The molecule has 0 aliphatic carbocycles. The van der Waals surface area contributed by atoms with Gasteiger partial charge in [0.15, 0.2) is 6.29 Å². The Morgan fingerprint density at radius 1 is 0.730 bits per heavy atom. The molecule has 7 rings (SSSR count). The number of rotatable bonds is 22. The molecule has 404 valence electrons. The molecule has 2 aliphatic heterocycles. The molecule has 0 spiro atoms. The molecule has 0 radical (unpaired) electrons. The number of fused-ring (bicyclic) bond motifs is 1. The summed E-state index contributed by atoms with van der Waals surface area (Å²) >= 11 is 0. The molecule has 2 N–H and O–H groups in total. The van der Waals surface area contributed by atoms with Gasteiger partial charge in [0.1, 0.15) is 11.9 Å². The normalized spacial score (nSPS) is 18.7. The first-order valence-electron chi connectivity index (χ1n) is 25.3. The van der Waals surface area contributed by atoms with Crippen molar-refractivity contribution in [2.75, 3.05) is 52.5 Å². The molecule has 5 aromatic carbocycles. The summed E-state index contributed by atoms with van der Waals surface area (Å²) in [6.07, 6.45) is -0.522. The maximum atomic E-state index is 14.0. The van der Waals surface area contributed by atoms with Crippen molar-refractivity contribution in [3.63, 3.8) is 0 Å². The molecule has 2 aliphatic rings. The van der Waals surface area contributed by atoms with Crippen LogP contribution in [0.15, 0.2) is 138 Å². The van der Waals surface area contributed by atoms with Gasteiger partial charge >= 0.3 is 6.09 Å². The Morgan fingerprint density at radius 2 is 1.26 bits per heavy atom. The fourth-order valence-corrected chi connectivity index (χ4v) is 13.8. The predicted molar refractivity (Wildman–Crippen MR) is 293 cm³/mol. The standard InChI is InChI=1S/C33H40N2O8S.2C12H19O2P/c1-22-9-10-25(17-23(22)2)19-35(44(38,39)27-13-11-26(40-3)12-14-27)20-30(36)29(18-24-7-5-4-6-8-24)34-33(37)43-31-21-42-32-28(31)15-16-41-32;2*1-11(2)10-15(3,13)14-9-12-7-5-4-6-8-12/h4-14,17,28-32,36H,15-16,18-21H2,1-3H3,(H,34,37);2*4-8,11H,9-10H2,1-3H3. The number of carbonyl (C=O) groups is 1. The minimum Gasteiger partial charge on any atom is -0.497 e. The van der Waals surface area contributed by atoms with Gasteiger partial charge in [-0.05, 0) is 96.2 Å². The van der Waals surface area contributed by atoms with E-state index in [9.17, 15) is 27.4 Å². The van der Waals surface area contributed by atoms with Gasteiger partial charge in [-0.15, -0.1) is 0 Å². The molecule has 7 atom stereocenters. The van der Waals surface area contributed by atoms with E-state index in [-0.39, 0.29) is 43.2 Å². The maximum absolute atomic E-state index is 14.0. The number of methoxy groups -OCH3 is 1. The molecule has 14 nitrogen and oxygen atoms in total. The van der Waals surface area contributed by atoms with Crippen molar-refractivity contribution in [2.24, 2.45) is 17.8 Å². The Kier molecular flexibility index (Phi) is 23.6. The van der Waals surface area contributed by atoms with Crippen LogP contribution in [0, 0.1) is 31.6 Å². The third-order valence-electron chi connectivity index (χ3n) is 12.4. The number of amides is 1. The lowest BCUT2D eigenvalue weighted by molar-refractivity contribution is -0.0907. The number of hydrogen-bond donors (Lipinski definition) is 2. The summed E-state index contributed by atoms with van der Waals surface area (Å²) in [6, 6.07) is 40.1. The summed E-state index contributed by atoms with van der Waals surface area (Å²) in [5.74, 6) is 1.31. The van der Waals surface area contributed by atoms with E-state index in [1.165, 1.54) is 23.5 Å². The molecule has 2 saturated heterocycles. The fourth-order valence-electron chi connectivity index (χ4n) is 8.61. The first-order chi connectivity index (χ1) is 35.1. The number of nitrogens with zero attached hydrogens (tertiary/aromatic N) is 1. The number of carbonyl (C=O) groups excluding carboxylic acids is 1. The van der Waals surface area contributed by atoms with Gasteiger partial charge in [0, 0.05) is 38.7 Å². The first-order valence-corrected chi connectivity index (χ1v) is 31.2. The van der Waals surface area contributed by atoms with E-state index >= 15 is 0 Å². The number of alkyl carbamates (subject to hydrolysis) is 1. The van der Waals surface area contributed by atoms with Gasteiger partial charge < -0.3 is 38.4 Å². The molecule has 1 amide bonds. The predicted octanol–water partition coefficient (Wildman–Crippen LogP) is 11.5. The van der Waals surface area contributed by atoms with Crippen LogP contribution in [0.2, 0.25) is 0 Å². The monoisotopic (exact) mass is 1080 g/mol. The number of aliphatic hydroxyl groups is 1. The molecule has 0 aromatic heterocycles. The van der Waals surface area contributed by atoms with Crippen LogP contribution < -0.4 is 10.1 Å². The zero-order valence-corrected chi connectivity index (χ0v) is 47.1. The number of nitrogens with one attached hydrogen (secondary N) is 1. The van der Waals surface area contributed by atoms with Crippen LogP contribution >= 0.6 is 14.7 Å². The van der Waals surface area contributed by atoms with E-state index in [4.69, 9.17) is 28.0 Å². The zero-order chi connectivity index (χ0) is 53.9. The largest absolute Gasteiger partial charge is 0.497 e. The van der Waals surface area contributed by atoms with E-state index in [1.807, 2.05) is 123 Å². The lowest BCUT2D eigenvalue weighted by atomic mass is 10.0. The van der Waals surface area contributed by atoms with Crippen LogP contribution in [0.1, 0.15) is 67.5 Å². The molecule has 5 aromatic rings. The summed E-state index contributed by atoms with van der Waals surface area (Å²) < 4.78 is 86.2. The SMILES string of the molecule is CC(C)CP(C)(=O)OCc1ccccc1.CC(C)CP(C)(=O)OCc1ccccc1.COc1ccc(S(=O)(=O)N(Cc2ccc(C)c(C)c2)CC(O)C(Cc2ccccc2)NC(=O)OC2COC3OCCC23)cc1. The minimum absolute atomic E-state index is 0.0253. The smallest absolute Gasteiger partial charge is 0.407 e. The Balaban J connectivity index is 0.000000274. The zero-order valence-electron chi connectivity index (χ0n) is 44.5. The van der Waals surface area contributed by atoms with Gasteiger partial charge in [0.25, 0.3) is 0 Å². The van der Waals surface area contributed by atoms with E-state index in [0.29, 0.717) is 49.7 Å². The Bertz CT molecular complexity index is 2610. The summed E-state index contributed by atoms with van der Waals surface area (Å²) in [7, 11) is -7.38. The van der Waals surface area contributed by atoms with Crippen LogP contribution in [-0.4, -0.2) is 101 Å². The summed E-state index contributed by atoms with van der Waals surface area (Å²) in [5.41, 5.74) is 5.91. The van der Waals surface area contributed by atoms with Crippen molar-refractivity contribution in [3.8, 4) is 5.75 Å². The summed E-state index contributed by atoms with van der Waals surface area (Å²) in [6.45, 7) is 17.1. The second-order valence-corrected chi connectivity index (χ2v) is 27.3. The van der Waals surface area contributed by atoms with Crippen LogP contribution in [0.25, 0.3) is 0 Å². The lowest BCUT2D eigenvalue weighted by Crippen LogP contribution is -2.51. The average molecular weight is 1080 g/mol. The van der Waals surface area contributed by atoms with Crippen molar-refractivity contribution in [2.45, 2.75) is 104 Å². The van der Waals surface area contributed by atoms with E-state index in [1.54, 1.807) is 25.5 Å². The van der Waals surface area contributed by atoms with Gasteiger partial charge in [-0.1, -0.05) is 137 Å². The number of aliphatic hydroxyl groups excluding tert-OH is 1. The first kappa shape index (κ1) is 60.2. The topological polar surface area (TPSA) is 176 Å². The maximum Gasteiger partial charge on any atom is 0.407 e. The van der Waals surface area contributed by atoms with Crippen molar-refractivity contribution < 1.29 is 55.4 Å². The summed E-state index contributed by atoms with van der Waals surface area (Å²) in [4.78, 5) is 13.2. The third-order valence-corrected chi connectivity index (χ3v) is 18.4. The average Bonchev–Trinajstić information content (AvgIpc) is 3.99.